The highest BCUT2D eigenvalue weighted by atomic mass is 79.9. The molecule has 0 atom stereocenters. The summed E-state index contributed by atoms with van der Waals surface area (Å²) in [5, 5.41) is 6.58. The standard InChI is InChI=1S/C16H21BrN4/c1-5-6-18-16-19-12(4)9-14(21-16)20-13-7-10(2)15(17)11(3)8-13/h7-9H,5-6H2,1-4H3,(H2,18,19,20,21). The molecule has 0 amide bonds. The maximum atomic E-state index is 4.50. The molecule has 0 radical (unpaired) electrons. The van der Waals surface area contributed by atoms with Crippen molar-refractivity contribution in [1.29, 1.82) is 0 Å². The van der Waals surface area contributed by atoms with Crippen LogP contribution in [0.2, 0.25) is 0 Å². The largest absolute Gasteiger partial charge is 0.354 e. The van der Waals surface area contributed by atoms with Crippen LogP contribution in [0.25, 0.3) is 0 Å². The van der Waals surface area contributed by atoms with E-state index >= 15 is 0 Å². The van der Waals surface area contributed by atoms with Crippen molar-refractivity contribution in [2.45, 2.75) is 34.1 Å². The zero-order valence-corrected chi connectivity index (χ0v) is 14.5. The lowest BCUT2D eigenvalue weighted by molar-refractivity contribution is 0.947. The fraction of sp³-hybridized carbons (Fsp3) is 0.375. The van der Waals surface area contributed by atoms with Gasteiger partial charge >= 0.3 is 0 Å². The Kier molecular flexibility index (Phi) is 5.17. The lowest BCUT2D eigenvalue weighted by Crippen LogP contribution is -2.07. The summed E-state index contributed by atoms with van der Waals surface area (Å²) in [5.74, 6) is 1.48. The fourth-order valence-electron chi connectivity index (χ4n) is 2.11. The van der Waals surface area contributed by atoms with Gasteiger partial charge in [-0.25, -0.2) is 4.98 Å². The van der Waals surface area contributed by atoms with Gasteiger partial charge in [0.1, 0.15) is 5.82 Å². The van der Waals surface area contributed by atoms with Crippen molar-refractivity contribution in [1.82, 2.24) is 9.97 Å². The number of aryl methyl sites for hydroxylation is 3. The molecule has 1 heterocycles. The maximum Gasteiger partial charge on any atom is 0.224 e. The third kappa shape index (κ3) is 4.17. The second-order valence-corrected chi connectivity index (χ2v) is 5.99. The molecule has 2 aromatic rings. The molecule has 0 saturated heterocycles. The highest BCUT2D eigenvalue weighted by Gasteiger charge is 2.05. The molecule has 1 aromatic heterocycles. The number of benzene rings is 1. The third-order valence-electron chi connectivity index (χ3n) is 3.10. The van der Waals surface area contributed by atoms with Gasteiger partial charge in [-0.15, -0.1) is 0 Å². The van der Waals surface area contributed by atoms with Crippen molar-refractivity contribution >= 4 is 33.4 Å². The van der Waals surface area contributed by atoms with Crippen molar-refractivity contribution in [3.63, 3.8) is 0 Å². The Balaban J connectivity index is 2.24. The van der Waals surface area contributed by atoms with Crippen LogP contribution in [0.15, 0.2) is 22.7 Å². The Bertz CT molecular complexity index is 617. The van der Waals surface area contributed by atoms with E-state index in [0.717, 1.165) is 34.6 Å². The van der Waals surface area contributed by atoms with E-state index in [4.69, 9.17) is 0 Å². The summed E-state index contributed by atoms with van der Waals surface area (Å²) in [7, 11) is 0. The normalized spacial score (nSPS) is 10.5. The molecule has 0 unspecified atom stereocenters. The minimum Gasteiger partial charge on any atom is -0.354 e. The zero-order chi connectivity index (χ0) is 15.4. The minimum absolute atomic E-state index is 0.671. The number of aromatic nitrogens is 2. The summed E-state index contributed by atoms with van der Waals surface area (Å²) in [6, 6.07) is 6.16. The van der Waals surface area contributed by atoms with Gasteiger partial charge in [0.15, 0.2) is 0 Å². The van der Waals surface area contributed by atoms with Crippen LogP contribution in [0.1, 0.15) is 30.2 Å². The van der Waals surface area contributed by atoms with Crippen molar-refractivity contribution in [2.75, 3.05) is 17.2 Å². The average Bonchev–Trinajstić information content (AvgIpc) is 2.42. The molecule has 1 aromatic carbocycles. The monoisotopic (exact) mass is 348 g/mol. The van der Waals surface area contributed by atoms with Crippen LogP contribution in [0.5, 0.6) is 0 Å². The number of anilines is 3. The minimum atomic E-state index is 0.671. The van der Waals surface area contributed by atoms with Gasteiger partial charge in [-0.2, -0.15) is 4.98 Å². The molecular weight excluding hydrogens is 328 g/mol. The number of halogens is 1. The van der Waals surface area contributed by atoms with Gasteiger partial charge in [0.25, 0.3) is 0 Å². The quantitative estimate of drug-likeness (QED) is 0.819. The lowest BCUT2D eigenvalue weighted by atomic mass is 10.1. The van der Waals surface area contributed by atoms with E-state index in [-0.39, 0.29) is 0 Å². The van der Waals surface area contributed by atoms with Crippen LogP contribution >= 0.6 is 15.9 Å². The van der Waals surface area contributed by atoms with Crippen LogP contribution in [0.3, 0.4) is 0 Å². The summed E-state index contributed by atoms with van der Waals surface area (Å²) < 4.78 is 1.15. The van der Waals surface area contributed by atoms with Crippen molar-refractivity contribution < 1.29 is 0 Å². The third-order valence-corrected chi connectivity index (χ3v) is 4.35. The van der Waals surface area contributed by atoms with E-state index < -0.39 is 0 Å². The molecule has 112 valence electrons. The first-order valence-electron chi connectivity index (χ1n) is 7.13. The molecule has 0 aliphatic rings. The van der Waals surface area contributed by atoms with Crippen LogP contribution in [-0.4, -0.2) is 16.5 Å². The molecule has 2 N–H and O–H groups in total. The van der Waals surface area contributed by atoms with Crippen molar-refractivity contribution in [2.24, 2.45) is 0 Å². The van der Waals surface area contributed by atoms with Crippen molar-refractivity contribution in [3.8, 4) is 0 Å². The summed E-state index contributed by atoms with van der Waals surface area (Å²) in [5.41, 5.74) is 4.38. The summed E-state index contributed by atoms with van der Waals surface area (Å²) in [4.78, 5) is 8.90. The molecule has 4 nitrogen and oxygen atoms in total. The molecule has 5 heteroatoms. The van der Waals surface area contributed by atoms with Gasteiger partial charge in [-0.3, -0.25) is 0 Å². The van der Waals surface area contributed by atoms with Crippen LogP contribution in [0, 0.1) is 20.8 Å². The molecule has 0 spiro atoms. The smallest absolute Gasteiger partial charge is 0.224 e. The van der Waals surface area contributed by atoms with Crippen LogP contribution < -0.4 is 10.6 Å². The first kappa shape index (κ1) is 15.8. The average molecular weight is 349 g/mol. The second kappa shape index (κ2) is 6.89. The number of hydrogen-bond donors (Lipinski definition) is 2. The van der Waals surface area contributed by atoms with E-state index in [1.807, 2.05) is 13.0 Å². The summed E-state index contributed by atoms with van der Waals surface area (Å²) in [6.45, 7) is 9.14. The van der Waals surface area contributed by atoms with Gasteiger partial charge in [-0.1, -0.05) is 22.9 Å². The molecule has 2 rings (SSSR count). The highest BCUT2D eigenvalue weighted by molar-refractivity contribution is 9.10. The fourth-order valence-corrected chi connectivity index (χ4v) is 2.34. The topological polar surface area (TPSA) is 49.8 Å². The van der Waals surface area contributed by atoms with Crippen molar-refractivity contribution in [3.05, 3.63) is 39.5 Å². The van der Waals surface area contributed by atoms with Gasteiger partial charge < -0.3 is 10.6 Å². The van der Waals surface area contributed by atoms with Gasteiger partial charge in [0, 0.05) is 28.5 Å². The predicted molar refractivity (Wildman–Crippen MR) is 92.4 cm³/mol. The molecule has 0 aliphatic carbocycles. The molecule has 0 aliphatic heterocycles. The molecule has 0 saturated carbocycles. The first-order chi connectivity index (χ1) is 9.99. The molecule has 21 heavy (non-hydrogen) atoms. The van der Waals surface area contributed by atoms with E-state index in [1.165, 1.54) is 11.1 Å². The second-order valence-electron chi connectivity index (χ2n) is 5.19. The predicted octanol–water partition coefficient (Wildman–Crippen LogP) is 4.73. The Morgan fingerprint density at radius 2 is 1.71 bits per heavy atom. The van der Waals surface area contributed by atoms with Crippen LogP contribution in [-0.2, 0) is 0 Å². The lowest BCUT2D eigenvalue weighted by Gasteiger charge is -2.12. The number of nitrogens with zero attached hydrogens (tertiary/aromatic N) is 2. The highest BCUT2D eigenvalue weighted by Crippen LogP contribution is 2.26. The molecular formula is C16H21BrN4. The molecule has 0 fully saturated rings. The zero-order valence-electron chi connectivity index (χ0n) is 12.9. The number of hydrogen-bond acceptors (Lipinski definition) is 4. The van der Waals surface area contributed by atoms with E-state index in [1.54, 1.807) is 0 Å². The molecule has 0 bridgehead atoms. The van der Waals surface area contributed by atoms with Crippen LogP contribution in [0.4, 0.5) is 17.5 Å². The van der Waals surface area contributed by atoms with Gasteiger partial charge in [0.05, 0.1) is 0 Å². The van der Waals surface area contributed by atoms with Gasteiger partial charge in [0.2, 0.25) is 5.95 Å². The Labute approximate surface area is 134 Å². The van der Waals surface area contributed by atoms with Gasteiger partial charge in [-0.05, 0) is 50.5 Å². The first-order valence-corrected chi connectivity index (χ1v) is 7.92. The Morgan fingerprint density at radius 3 is 2.33 bits per heavy atom. The van der Waals surface area contributed by atoms with E-state index in [9.17, 15) is 0 Å². The Morgan fingerprint density at radius 1 is 1.05 bits per heavy atom. The Hall–Kier alpha value is -1.62. The maximum absolute atomic E-state index is 4.50. The van der Waals surface area contributed by atoms with E-state index in [0.29, 0.717) is 5.95 Å². The summed E-state index contributed by atoms with van der Waals surface area (Å²) in [6.07, 6.45) is 1.05. The summed E-state index contributed by atoms with van der Waals surface area (Å²) >= 11 is 3.59. The SMILES string of the molecule is CCCNc1nc(C)cc(Nc2cc(C)c(Br)c(C)c2)n1. The number of nitrogens with one attached hydrogen (secondary N) is 2. The number of rotatable bonds is 5. The van der Waals surface area contributed by atoms with E-state index in [2.05, 4.69) is 69.4 Å².